The van der Waals surface area contributed by atoms with Gasteiger partial charge in [0.2, 0.25) is 5.88 Å². The molecule has 84 valence electrons. The third-order valence-corrected chi connectivity index (χ3v) is 2.44. The third kappa shape index (κ3) is 4.13. The van der Waals surface area contributed by atoms with Crippen molar-refractivity contribution in [3.63, 3.8) is 0 Å². The van der Waals surface area contributed by atoms with Crippen LogP contribution in [0.4, 0.5) is 0 Å². The van der Waals surface area contributed by atoms with Gasteiger partial charge in [-0.2, -0.15) is 4.98 Å². The van der Waals surface area contributed by atoms with E-state index in [1.165, 1.54) is 0 Å². The van der Waals surface area contributed by atoms with Crippen molar-refractivity contribution < 1.29 is 9.47 Å². The van der Waals surface area contributed by atoms with Crippen LogP contribution < -0.4 is 4.74 Å². The van der Waals surface area contributed by atoms with Crippen molar-refractivity contribution in [1.29, 1.82) is 0 Å². The van der Waals surface area contributed by atoms with Gasteiger partial charge in [0.1, 0.15) is 5.82 Å². The third-order valence-electron chi connectivity index (χ3n) is 1.85. The fourth-order valence-electron chi connectivity index (χ4n) is 1.28. The van der Waals surface area contributed by atoms with E-state index in [1.54, 1.807) is 14.2 Å². The van der Waals surface area contributed by atoms with Crippen LogP contribution in [-0.2, 0) is 11.2 Å². The number of halogens is 1. The van der Waals surface area contributed by atoms with Gasteiger partial charge in [-0.05, 0) is 6.92 Å². The lowest BCUT2D eigenvalue weighted by atomic mass is 10.2. The zero-order valence-corrected chi connectivity index (χ0v) is 10.7. The summed E-state index contributed by atoms with van der Waals surface area (Å²) < 4.78 is 10.1. The highest BCUT2D eigenvalue weighted by Crippen LogP contribution is 2.13. The van der Waals surface area contributed by atoms with E-state index < -0.39 is 0 Å². The van der Waals surface area contributed by atoms with Gasteiger partial charge in [0.25, 0.3) is 0 Å². The molecule has 1 aromatic heterocycles. The van der Waals surface area contributed by atoms with Gasteiger partial charge >= 0.3 is 0 Å². The molecule has 1 unspecified atom stereocenters. The van der Waals surface area contributed by atoms with E-state index in [-0.39, 0.29) is 4.83 Å². The summed E-state index contributed by atoms with van der Waals surface area (Å²) in [5, 5.41) is 0. The summed E-state index contributed by atoms with van der Waals surface area (Å²) in [7, 11) is 3.28. The number of alkyl halides is 1. The van der Waals surface area contributed by atoms with Crippen molar-refractivity contribution in [2.24, 2.45) is 0 Å². The molecular formula is C10H15BrN2O2. The predicted octanol–water partition coefficient (Wildman–Crippen LogP) is 1.75. The second-order valence-corrected chi connectivity index (χ2v) is 4.50. The van der Waals surface area contributed by atoms with E-state index in [4.69, 9.17) is 9.47 Å². The molecule has 0 spiro atoms. The van der Waals surface area contributed by atoms with Gasteiger partial charge in [0.05, 0.1) is 13.7 Å². The highest BCUT2D eigenvalue weighted by Gasteiger charge is 2.08. The number of hydrogen-bond donors (Lipinski definition) is 0. The van der Waals surface area contributed by atoms with E-state index in [0.717, 1.165) is 17.9 Å². The summed E-state index contributed by atoms with van der Waals surface area (Å²) in [5.41, 5.74) is 0.957. The van der Waals surface area contributed by atoms with E-state index in [2.05, 4.69) is 25.9 Å². The normalized spacial score (nSPS) is 12.5. The topological polar surface area (TPSA) is 44.2 Å². The molecule has 1 heterocycles. The number of hydrogen-bond acceptors (Lipinski definition) is 4. The Balaban J connectivity index is 2.71. The molecule has 0 aromatic carbocycles. The number of nitrogens with zero attached hydrogens (tertiary/aromatic N) is 2. The molecule has 1 atom stereocenters. The van der Waals surface area contributed by atoms with Crippen LogP contribution in [0.5, 0.6) is 5.88 Å². The smallest absolute Gasteiger partial charge is 0.216 e. The number of aryl methyl sites for hydroxylation is 1. The first-order valence-corrected chi connectivity index (χ1v) is 5.59. The Morgan fingerprint density at radius 1 is 1.40 bits per heavy atom. The van der Waals surface area contributed by atoms with Crippen LogP contribution in [0.3, 0.4) is 0 Å². The maximum absolute atomic E-state index is 5.08. The fourth-order valence-corrected chi connectivity index (χ4v) is 1.87. The molecule has 1 rings (SSSR count). The lowest BCUT2D eigenvalue weighted by Gasteiger charge is -2.09. The summed E-state index contributed by atoms with van der Waals surface area (Å²) in [6, 6.07) is 1.84. The molecule has 0 N–H and O–H groups in total. The van der Waals surface area contributed by atoms with Crippen LogP contribution in [0, 0.1) is 6.92 Å². The Labute approximate surface area is 98.2 Å². The largest absolute Gasteiger partial charge is 0.481 e. The standard InChI is InChI=1S/C10H15BrN2O2/c1-7-12-9(4-8(11)6-14-2)5-10(13-7)15-3/h5,8H,4,6H2,1-3H3. The maximum atomic E-state index is 5.08. The maximum Gasteiger partial charge on any atom is 0.216 e. The monoisotopic (exact) mass is 274 g/mol. The second kappa shape index (κ2) is 6.02. The lowest BCUT2D eigenvalue weighted by Crippen LogP contribution is -2.12. The summed E-state index contributed by atoms with van der Waals surface area (Å²) in [4.78, 5) is 8.72. The van der Waals surface area contributed by atoms with E-state index in [9.17, 15) is 0 Å². The minimum Gasteiger partial charge on any atom is -0.481 e. The quantitative estimate of drug-likeness (QED) is 0.768. The van der Waals surface area contributed by atoms with Gasteiger partial charge in [-0.25, -0.2) is 4.98 Å². The lowest BCUT2D eigenvalue weighted by molar-refractivity contribution is 0.200. The second-order valence-electron chi connectivity index (χ2n) is 3.21. The molecule has 0 radical (unpaired) electrons. The Morgan fingerprint density at radius 2 is 2.13 bits per heavy atom. The van der Waals surface area contributed by atoms with Crippen molar-refractivity contribution >= 4 is 15.9 Å². The molecule has 0 saturated carbocycles. The molecule has 0 bridgehead atoms. The molecule has 15 heavy (non-hydrogen) atoms. The Hall–Kier alpha value is -0.680. The van der Waals surface area contributed by atoms with Gasteiger partial charge in [-0.1, -0.05) is 15.9 Å². The molecule has 0 aliphatic rings. The SMILES string of the molecule is COCC(Br)Cc1cc(OC)nc(C)n1. The molecule has 0 fully saturated rings. The molecule has 4 nitrogen and oxygen atoms in total. The van der Waals surface area contributed by atoms with Gasteiger partial charge in [0, 0.05) is 30.1 Å². The van der Waals surface area contributed by atoms with Crippen LogP contribution in [0.1, 0.15) is 11.5 Å². The van der Waals surface area contributed by atoms with Crippen LogP contribution in [0.15, 0.2) is 6.07 Å². The zero-order chi connectivity index (χ0) is 11.3. The summed E-state index contributed by atoms with van der Waals surface area (Å²) in [6.45, 7) is 2.51. The highest BCUT2D eigenvalue weighted by molar-refractivity contribution is 9.09. The predicted molar refractivity (Wildman–Crippen MR) is 61.6 cm³/mol. The molecule has 0 saturated heterocycles. The van der Waals surface area contributed by atoms with E-state index >= 15 is 0 Å². The van der Waals surface area contributed by atoms with Gasteiger partial charge in [-0.15, -0.1) is 0 Å². The van der Waals surface area contributed by atoms with E-state index in [0.29, 0.717) is 12.5 Å². The first-order chi connectivity index (χ1) is 7.15. The number of rotatable bonds is 5. The highest BCUT2D eigenvalue weighted by atomic mass is 79.9. The first-order valence-electron chi connectivity index (χ1n) is 4.67. The van der Waals surface area contributed by atoms with Crippen LogP contribution in [0.2, 0.25) is 0 Å². The minimum atomic E-state index is 0.265. The summed E-state index contributed by atoms with van der Waals surface area (Å²) >= 11 is 3.52. The molecule has 0 aliphatic carbocycles. The van der Waals surface area contributed by atoms with Crippen molar-refractivity contribution in [3.8, 4) is 5.88 Å². The van der Waals surface area contributed by atoms with Gasteiger partial charge in [0.15, 0.2) is 0 Å². The molecular weight excluding hydrogens is 260 g/mol. The molecule has 0 amide bonds. The van der Waals surface area contributed by atoms with Crippen molar-refractivity contribution in [1.82, 2.24) is 9.97 Å². The fraction of sp³-hybridized carbons (Fsp3) is 0.600. The Bertz CT molecular complexity index is 320. The number of aromatic nitrogens is 2. The van der Waals surface area contributed by atoms with Crippen LogP contribution >= 0.6 is 15.9 Å². The average Bonchev–Trinajstić information content (AvgIpc) is 2.17. The van der Waals surface area contributed by atoms with Crippen molar-refractivity contribution in [2.75, 3.05) is 20.8 Å². The van der Waals surface area contributed by atoms with Crippen LogP contribution in [0.25, 0.3) is 0 Å². The number of methoxy groups -OCH3 is 2. The zero-order valence-electron chi connectivity index (χ0n) is 9.16. The average molecular weight is 275 g/mol. The molecule has 0 aliphatic heterocycles. The Morgan fingerprint density at radius 3 is 2.73 bits per heavy atom. The molecule has 1 aromatic rings. The minimum absolute atomic E-state index is 0.265. The Kier molecular flexibility index (Phi) is 4.98. The number of ether oxygens (including phenoxy) is 2. The first kappa shape index (κ1) is 12.4. The van der Waals surface area contributed by atoms with Gasteiger partial charge < -0.3 is 9.47 Å². The van der Waals surface area contributed by atoms with E-state index in [1.807, 2.05) is 13.0 Å². The summed E-state index contributed by atoms with van der Waals surface area (Å²) in [5.74, 6) is 1.33. The van der Waals surface area contributed by atoms with Crippen molar-refractivity contribution in [2.45, 2.75) is 18.2 Å². The summed E-state index contributed by atoms with van der Waals surface area (Å²) in [6.07, 6.45) is 0.799. The van der Waals surface area contributed by atoms with Crippen molar-refractivity contribution in [3.05, 3.63) is 17.6 Å². The molecule has 5 heteroatoms. The van der Waals surface area contributed by atoms with Crippen LogP contribution in [-0.4, -0.2) is 35.6 Å². The van der Waals surface area contributed by atoms with Gasteiger partial charge in [-0.3, -0.25) is 0 Å².